The first-order chi connectivity index (χ1) is 8.05. The summed E-state index contributed by atoms with van der Waals surface area (Å²) in [7, 11) is 0. The van der Waals surface area contributed by atoms with Gasteiger partial charge < -0.3 is 16.2 Å². The fourth-order valence-electron chi connectivity index (χ4n) is 1.98. The zero-order chi connectivity index (χ0) is 12.9. The number of hydrogen-bond donors (Lipinski definition) is 3. The molecule has 0 saturated heterocycles. The van der Waals surface area contributed by atoms with Crippen LogP contribution in [0.2, 0.25) is 0 Å². The number of nitrogen functional groups attached to an aromatic ring is 1. The van der Waals surface area contributed by atoms with E-state index in [4.69, 9.17) is 5.73 Å². The number of hydrogen-bond acceptors (Lipinski definition) is 3. The molecular weight excluding hydrogens is 212 g/mol. The highest BCUT2D eigenvalue weighted by Crippen LogP contribution is 2.26. The van der Waals surface area contributed by atoms with Crippen molar-refractivity contribution in [2.45, 2.75) is 33.6 Å². The standard InChI is InChI=1S/C14H24N2O/c1-4-14(5-2,10-17)9-16-13-7-11(3)6-12(15)8-13/h6-8,16-17H,4-5,9-10,15H2,1-3H3. The fourth-order valence-corrected chi connectivity index (χ4v) is 1.98. The van der Waals surface area contributed by atoms with Gasteiger partial charge in [0.2, 0.25) is 0 Å². The molecule has 1 rings (SSSR count). The molecule has 0 atom stereocenters. The van der Waals surface area contributed by atoms with Crippen LogP contribution >= 0.6 is 0 Å². The summed E-state index contributed by atoms with van der Waals surface area (Å²) >= 11 is 0. The van der Waals surface area contributed by atoms with Crippen molar-refractivity contribution < 1.29 is 5.11 Å². The van der Waals surface area contributed by atoms with Crippen molar-refractivity contribution >= 4 is 11.4 Å². The monoisotopic (exact) mass is 236 g/mol. The van der Waals surface area contributed by atoms with Crippen LogP contribution in [0.25, 0.3) is 0 Å². The van der Waals surface area contributed by atoms with E-state index in [0.29, 0.717) is 0 Å². The molecule has 0 spiro atoms. The van der Waals surface area contributed by atoms with E-state index in [1.807, 2.05) is 19.1 Å². The lowest BCUT2D eigenvalue weighted by molar-refractivity contribution is 0.127. The predicted octanol–water partition coefficient (Wildman–Crippen LogP) is 2.79. The normalized spacial score (nSPS) is 11.5. The van der Waals surface area contributed by atoms with Crippen molar-refractivity contribution in [3.63, 3.8) is 0 Å². The highest BCUT2D eigenvalue weighted by molar-refractivity contribution is 5.56. The zero-order valence-corrected chi connectivity index (χ0v) is 11.1. The van der Waals surface area contributed by atoms with Crippen LogP contribution in [0.4, 0.5) is 11.4 Å². The quantitative estimate of drug-likeness (QED) is 0.666. The summed E-state index contributed by atoms with van der Waals surface area (Å²) in [6.45, 7) is 7.26. The van der Waals surface area contributed by atoms with Gasteiger partial charge in [-0.15, -0.1) is 0 Å². The van der Waals surface area contributed by atoms with Crippen molar-refractivity contribution in [3.8, 4) is 0 Å². The Hall–Kier alpha value is -1.22. The van der Waals surface area contributed by atoms with Gasteiger partial charge in [-0.1, -0.05) is 13.8 Å². The minimum atomic E-state index is -0.0293. The molecule has 17 heavy (non-hydrogen) atoms. The first kappa shape index (κ1) is 13.8. The number of benzene rings is 1. The molecule has 1 aromatic carbocycles. The molecule has 0 radical (unpaired) electrons. The van der Waals surface area contributed by atoms with E-state index in [9.17, 15) is 5.11 Å². The molecule has 0 bridgehead atoms. The van der Waals surface area contributed by atoms with Gasteiger partial charge in [0.15, 0.2) is 0 Å². The zero-order valence-electron chi connectivity index (χ0n) is 11.1. The number of aliphatic hydroxyl groups is 1. The van der Waals surface area contributed by atoms with Gasteiger partial charge in [-0.2, -0.15) is 0 Å². The second kappa shape index (κ2) is 5.92. The Balaban J connectivity index is 2.71. The molecule has 0 saturated carbocycles. The highest BCUT2D eigenvalue weighted by Gasteiger charge is 2.24. The maximum atomic E-state index is 9.50. The molecule has 0 unspecified atom stereocenters. The highest BCUT2D eigenvalue weighted by atomic mass is 16.3. The van der Waals surface area contributed by atoms with E-state index in [1.165, 1.54) is 0 Å². The van der Waals surface area contributed by atoms with Gasteiger partial charge in [0, 0.05) is 23.3 Å². The second-order valence-corrected chi connectivity index (χ2v) is 4.85. The average Bonchev–Trinajstić information content (AvgIpc) is 2.30. The lowest BCUT2D eigenvalue weighted by atomic mass is 9.83. The molecule has 0 amide bonds. The van der Waals surface area contributed by atoms with Gasteiger partial charge >= 0.3 is 0 Å². The molecule has 0 heterocycles. The van der Waals surface area contributed by atoms with E-state index >= 15 is 0 Å². The summed E-state index contributed by atoms with van der Waals surface area (Å²) in [5.41, 5.74) is 8.73. The van der Waals surface area contributed by atoms with Crippen molar-refractivity contribution in [1.82, 2.24) is 0 Å². The molecule has 0 aromatic heterocycles. The Morgan fingerprint density at radius 3 is 2.35 bits per heavy atom. The van der Waals surface area contributed by atoms with Gasteiger partial charge in [-0.05, 0) is 43.5 Å². The molecule has 3 heteroatoms. The maximum Gasteiger partial charge on any atom is 0.0504 e. The molecule has 0 aliphatic carbocycles. The van der Waals surface area contributed by atoms with Crippen LogP contribution in [0.1, 0.15) is 32.3 Å². The molecule has 1 aromatic rings. The summed E-state index contributed by atoms with van der Waals surface area (Å²) in [6, 6.07) is 5.95. The SMILES string of the molecule is CCC(CC)(CO)CNc1cc(C)cc(N)c1. The number of nitrogens with one attached hydrogen (secondary N) is 1. The van der Waals surface area contributed by atoms with Crippen LogP contribution in [0.5, 0.6) is 0 Å². The lowest BCUT2D eigenvalue weighted by Crippen LogP contribution is -2.32. The van der Waals surface area contributed by atoms with Gasteiger partial charge in [0.05, 0.1) is 6.61 Å². The van der Waals surface area contributed by atoms with Crippen molar-refractivity contribution in [2.24, 2.45) is 5.41 Å². The third-order valence-electron chi connectivity index (χ3n) is 3.60. The Bertz CT molecular complexity index is 331. The predicted molar refractivity (Wildman–Crippen MR) is 74.2 cm³/mol. The Labute approximate surface area is 104 Å². The third kappa shape index (κ3) is 3.63. The average molecular weight is 236 g/mol. The smallest absolute Gasteiger partial charge is 0.0504 e. The number of anilines is 2. The van der Waals surface area contributed by atoms with Gasteiger partial charge in [-0.25, -0.2) is 0 Å². The van der Waals surface area contributed by atoms with E-state index < -0.39 is 0 Å². The largest absolute Gasteiger partial charge is 0.399 e. The number of aliphatic hydroxyl groups excluding tert-OH is 1. The minimum absolute atomic E-state index is 0.0293. The molecule has 0 aliphatic rings. The summed E-state index contributed by atoms with van der Waals surface area (Å²) < 4.78 is 0. The third-order valence-corrected chi connectivity index (χ3v) is 3.60. The fraction of sp³-hybridized carbons (Fsp3) is 0.571. The number of nitrogens with two attached hydrogens (primary N) is 1. The summed E-state index contributed by atoms with van der Waals surface area (Å²) in [6.07, 6.45) is 1.93. The second-order valence-electron chi connectivity index (χ2n) is 4.85. The molecule has 4 N–H and O–H groups in total. The van der Waals surface area contributed by atoms with Crippen LogP contribution in [0.3, 0.4) is 0 Å². The molecule has 3 nitrogen and oxygen atoms in total. The van der Waals surface area contributed by atoms with Gasteiger partial charge in [0.1, 0.15) is 0 Å². The summed E-state index contributed by atoms with van der Waals surface area (Å²) in [5.74, 6) is 0. The molecular formula is C14H24N2O. The van der Waals surface area contributed by atoms with Gasteiger partial charge in [-0.3, -0.25) is 0 Å². The lowest BCUT2D eigenvalue weighted by Gasteiger charge is -2.30. The van der Waals surface area contributed by atoms with E-state index in [1.54, 1.807) is 0 Å². The van der Waals surface area contributed by atoms with Crippen molar-refractivity contribution in [3.05, 3.63) is 23.8 Å². The van der Waals surface area contributed by atoms with Crippen LogP contribution in [0.15, 0.2) is 18.2 Å². The minimum Gasteiger partial charge on any atom is -0.399 e. The Morgan fingerprint density at radius 1 is 1.24 bits per heavy atom. The number of rotatable bonds is 6. The van der Waals surface area contributed by atoms with E-state index in [2.05, 4.69) is 25.2 Å². The summed E-state index contributed by atoms with van der Waals surface area (Å²) in [5, 5.41) is 12.9. The van der Waals surface area contributed by atoms with Crippen LogP contribution in [-0.4, -0.2) is 18.3 Å². The van der Waals surface area contributed by atoms with Crippen LogP contribution in [0, 0.1) is 12.3 Å². The molecule has 0 aliphatic heterocycles. The van der Waals surface area contributed by atoms with Crippen LogP contribution in [-0.2, 0) is 0 Å². The van der Waals surface area contributed by atoms with Gasteiger partial charge in [0.25, 0.3) is 0 Å². The van der Waals surface area contributed by atoms with Crippen molar-refractivity contribution in [1.29, 1.82) is 0 Å². The van der Waals surface area contributed by atoms with E-state index in [0.717, 1.165) is 36.3 Å². The topological polar surface area (TPSA) is 58.3 Å². The first-order valence-corrected chi connectivity index (χ1v) is 6.27. The van der Waals surface area contributed by atoms with Crippen LogP contribution < -0.4 is 11.1 Å². The summed E-state index contributed by atoms with van der Waals surface area (Å²) in [4.78, 5) is 0. The maximum absolute atomic E-state index is 9.50. The Kier molecular flexibility index (Phi) is 4.82. The molecule has 96 valence electrons. The van der Waals surface area contributed by atoms with Crippen molar-refractivity contribution in [2.75, 3.05) is 24.2 Å². The van der Waals surface area contributed by atoms with E-state index in [-0.39, 0.29) is 12.0 Å². The Morgan fingerprint density at radius 2 is 1.88 bits per heavy atom. The number of aryl methyl sites for hydroxylation is 1. The first-order valence-electron chi connectivity index (χ1n) is 6.27. The molecule has 0 fully saturated rings.